The first-order valence-corrected chi connectivity index (χ1v) is 4.63. The highest BCUT2D eigenvalue weighted by Crippen LogP contribution is 2.28. The lowest BCUT2D eigenvalue weighted by atomic mass is 9.86. The lowest BCUT2D eigenvalue weighted by Crippen LogP contribution is -2.04. The van der Waals surface area contributed by atoms with E-state index in [1.54, 1.807) is 0 Å². The van der Waals surface area contributed by atoms with Gasteiger partial charge in [0.25, 0.3) is 0 Å². The molecule has 0 nitrogen and oxygen atoms in total. The summed E-state index contributed by atoms with van der Waals surface area (Å²) in [7, 11) is 0. The average Bonchev–Trinajstić information content (AvgIpc) is 2.19. The molecule has 0 heteroatoms. The van der Waals surface area contributed by atoms with E-state index in [-0.39, 0.29) is 0 Å². The van der Waals surface area contributed by atoms with Crippen molar-refractivity contribution in [3.63, 3.8) is 0 Å². The summed E-state index contributed by atoms with van der Waals surface area (Å²) < 4.78 is 0. The summed E-state index contributed by atoms with van der Waals surface area (Å²) in [4.78, 5) is 0. The second kappa shape index (κ2) is 3.61. The molecule has 0 aromatic heterocycles. The molecule has 0 aliphatic heterocycles. The van der Waals surface area contributed by atoms with Crippen LogP contribution in [0.2, 0.25) is 0 Å². The minimum absolute atomic E-state index is 0.966. The van der Waals surface area contributed by atoms with Crippen LogP contribution in [0.1, 0.15) is 17.5 Å². The maximum atomic E-state index is 3.77. The molecule has 65 valence electrons. The summed E-state index contributed by atoms with van der Waals surface area (Å²) in [5, 5.41) is 0. The number of allylic oxidation sites excluding steroid dienone is 3. The summed E-state index contributed by atoms with van der Waals surface area (Å²) in [6.45, 7) is 3.77. The van der Waals surface area contributed by atoms with Gasteiger partial charge in [-0.25, -0.2) is 0 Å². The van der Waals surface area contributed by atoms with E-state index in [1.165, 1.54) is 17.0 Å². The van der Waals surface area contributed by atoms with Crippen molar-refractivity contribution >= 4 is 0 Å². The Morgan fingerprint density at radius 3 is 3.00 bits per heavy atom. The Morgan fingerprint density at radius 1 is 1.31 bits per heavy atom. The third-order valence-corrected chi connectivity index (χ3v) is 2.38. The standard InChI is InChI=1S/C13H13/c1-2-6-11-8-5-9-12-7-3-4-10-13(11)12/h2-5,7-8,10H,1,6,9H2. The summed E-state index contributed by atoms with van der Waals surface area (Å²) in [6.07, 6.45) is 8.43. The molecule has 1 aliphatic carbocycles. The lowest BCUT2D eigenvalue weighted by Gasteiger charge is -2.18. The zero-order valence-corrected chi connectivity index (χ0v) is 7.66. The average molecular weight is 169 g/mol. The Kier molecular flexibility index (Phi) is 2.31. The highest BCUT2D eigenvalue weighted by molar-refractivity contribution is 5.47. The van der Waals surface area contributed by atoms with Gasteiger partial charge in [-0.05, 0) is 24.0 Å². The Morgan fingerprint density at radius 2 is 2.15 bits per heavy atom. The van der Waals surface area contributed by atoms with Crippen LogP contribution in [0, 0.1) is 5.92 Å². The van der Waals surface area contributed by atoms with Crippen molar-refractivity contribution in [1.82, 2.24) is 0 Å². The molecule has 1 aliphatic rings. The van der Waals surface area contributed by atoms with Crippen LogP contribution in [-0.4, -0.2) is 0 Å². The molecular weight excluding hydrogens is 156 g/mol. The van der Waals surface area contributed by atoms with Crippen LogP contribution >= 0.6 is 0 Å². The van der Waals surface area contributed by atoms with Gasteiger partial charge in [0.15, 0.2) is 0 Å². The Bertz CT molecular complexity index is 334. The topological polar surface area (TPSA) is 0 Å². The minimum atomic E-state index is 0.966. The third-order valence-electron chi connectivity index (χ3n) is 2.38. The lowest BCUT2D eigenvalue weighted by molar-refractivity contribution is 1.03. The molecular formula is C13H13. The molecule has 0 amide bonds. The van der Waals surface area contributed by atoms with E-state index in [9.17, 15) is 0 Å². The second-order valence-electron chi connectivity index (χ2n) is 3.28. The first-order chi connectivity index (χ1) is 6.42. The van der Waals surface area contributed by atoms with Crippen LogP contribution in [0.3, 0.4) is 0 Å². The summed E-state index contributed by atoms with van der Waals surface area (Å²) >= 11 is 0. The molecule has 2 rings (SSSR count). The van der Waals surface area contributed by atoms with Gasteiger partial charge in [0.2, 0.25) is 0 Å². The van der Waals surface area contributed by atoms with Gasteiger partial charge in [-0.15, -0.1) is 6.58 Å². The number of fused-ring (bicyclic) bond motifs is 1. The van der Waals surface area contributed by atoms with Crippen LogP contribution in [0.15, 0.2) is 49.1 Å². The van der Waals surface area contributed by atoms with Crippen molar-refractivity contribution in [3.8, 4) is 0 Å². The molecule has 0 spiro atoms. The quantitative estimate of drug-likeness (QED) is 0.596. The molecule has 0 atom stereocenters. The van der Waals surface area contributed by atoms with Crippen LogP contribution in [-0.2, 0) is 6.42 Å². The molecule has 13 heavy (non-hydrogen) atoms. The monoisotopic (exact) mass is 169 g/mol. The maximum Gasteiger partial charge on any atom is 0.0304 e. The van der Waals surface area contributed by atoms with E-state index in [1.807, 2.05) is 6.08 Å². The van der Waals surface area contributed by atoms with Gasteiger partial charge >= 0.3 is 0 Å². The molecule has 0 fully saturated rings. The van der Waals surface area contributed by atoms with Crippen molar-refractivity contribution in [2.75, 3.05) is 0 Å². The van der Waals surface area contributed by atoms with Crippen molar-refractivity contribution in [3.05, 3.63) is 66.1 Å². The first-order valence-electron chi connectivity index (χ1n) is 4.63. The number of hydrogen-bond acceptors (Lipinski definition) is 0. The van der Waals surface area contributed by atoms with E-state index >= 15 is 0 Å². The SMILES string of the molecule is C=CC[C]1C=CCc2ccccc21. The highest BCUT2D eigenvalue weighted by Gasteiger charge is 2.13. The number of benzene rings is 1. The molecule has 0 heterocycles. The largest absolute Gasteiger partial charge is 0.103 e. The fourth-order valence-electron chi connectivity index (χ4n) is 1.76. The van der Waals surface area contributed by atoms with Gasteiger partial charge in [-0.3, -0.25) is 0 Å². The predicted molar refractivity (Wildman–Crippen MR) is 56.4 cm³/mol. The van der Waals surface area contributed by atoms with E-state index in [0.717, 1.165) is 12.8 Å². The van der Waals surface area contributed by atoms with Crippen LogP contribution in [0.25, 0.3) is 0 Å². The maximum absolute atomic E-state index is 3.77. The Labute approximate surface area is 79.6 Å². The Hall–Kier alpha value is -1.30. The smallest absolute Gasteiger partial charge is 0.0304 e. The zero-order chi connectivity index (χ0) is 9.10. The van der Waals surface area contributed by atoms with Gasteiger partial charge < -0.3 is 0 Å². The van der Waals surface area contributed by atoms with E-state index in [4.69, 9.17) is 0 Å². The normalized spacial score (nSPS) is 15.4. The zero-order valence-electron chi connectivity index (χ0n) is 7.66. The third kappa shape index (κ3) is 1.57. The molecule has 0 N–H and O–H groups in total. The van der Waals surface area contributed by atoms with Gasteiger partial charge in [0.1, 0.15) is 0 Å². The summed E-state index contributed by atoms with van der Waals surface area (Å²) in [6, 6.07) is 8.59. The number of rotatable bonds is 2. The van der Waals surface area contributed by atoms with E-state index in [2.05, 4.69) is 43.0 Å². The van der Waals surface area contributed by atoms with Gasteiger partial charge in [-0.2, -0.15) is 0 Å². The van der Waals surface area contributed by atoms with Crippen LogP contribution in [0.5, 0.6) is 0 Å². The highest BCUT2D eigenvalue weighted by atomic mass is 14.2. The van der Waals surface area contributed by atoms with Crippen LogP contribution < -0.4 is 0 Å². The number of hydrogen-bond donors (Lipinski definition) is 0. The molecule has 1 radical (unpaired) electrons. The fourth-order valence-corrected chi connectivity index (χ4v) is 1.76. The minimum Gasteiger partial charge on any atom is -0.103 e. The predicted octanol–water partition coefficient (Wildman–Crippen LogP) is 3.30. The molecule has 1 aromatic rings. The van der Waals surface area contributed by atoms with E-state index < -0.39 is 0 Å². The molecule has 1 aromatic carbocycles. The molecule has 0 unspecified atom stereocenters. The van der Waals surface area contributed by atoms with Crippen molar-refractivity contribution < 1.29 is 0 Å². The summed E-state index contributed by atoms with van der Waals surface area (Å²) in [5.41, 5.74) is 2.83. The molecule has 0 saturated heterocycles. The van der Waals surface area contributed by atoms with E-state index in [0.29, 0.717) is 0 Å². The van der Waals surface area contributed by atoms with Gasteiger partial charge in [0, 0.05) is 5.92 Å². The Balaban J connectivity index is 2.36. The van der Waals surface area contributed by atoms with Crippen molar-refractivity contribution in [2.24, 2.45) is 0 Å². The van der Waals surface area contributed by atoms with Crippen molar-refractivity contribution in [2.45, 2.75) is 12.8 Å². The van der Waals surface area contributed by atoms with Crippen molar-refractivity contribution in [1.29, 1.82) is 0 Å². The fraction of sp³-hybridized carbons (Fsp3) is 0.154. The first kappa shape index (κ1) is 8.31. The summed E-state index contributed by atoms with van der Waals surface area (Å²) in [5.74, 6) is 1.39. The molecule has 0 saturated carbocycles. The van der Waals surface area contributed by atoms with Gasteiger partial charge in [0.05, 0.1) is 0 Å². The van der Waals surface area contributed by atoms with Crippen LogP contribution in [0.4, 0.5) is 0 Å². The molecule has 0 bridgehead atoms. The van der Waals surface area contributed by atoms with Gasteiger partial charge in [-0.1, -0.05) is 42.5 Å². The second-order valence-corrected chi connectivity index (χ2v) is 3.28.